The first-order valence-corrected chi connectivity index (χ1v) is 14.5. The molecular formula is C33H37N3O3. The van der Waals surface area contributed by atoms with Gasteiger partial charge in [-0.05, 0) is 79.7 Å². The molecule has 4 heterocycles. The smallest absolute Gasteiger partial charge is 0.260 e. The van der Waals surface area contributed by atoms with E-state index in [2.05, 4.69) is 45.9 Å². The maximum atomic E-state index is 14.1. The number of hydrogen-bond donors (Lipinski definition) is 0. The molecule has 3 aromatic rings. The Kier molecular flexibility index (Phi) is 5.92. The van der Waals surface area contributed by atoms with Crippen LogP contribution in [0.15, 0.2) is 66.9 Å². The number of likely N-dealkylation sites (tertiary alicyclic amines) is 2. The fourth-order valence-electron chi connectivity index (χ4n) is 7.53. The van der Waals surface area contributed by atoms with E-state index < -0.39 is 5.60 Å². The standard InChI is InChI=1S/C33H37N3O3/c1-32(29-11-6-15-36(29)28-10-5-4-9-27(28)22-39-32)31(38)35-18-14-33(23-35)12-16-34(17-13-33)30(37)21-24-19-25-7-2-3-8-26(25)20-24/h2-11,15,24H,12-14,16-23H2,1H3. The minimum atomic E-state index is -1.04. The number of rotatable bonds is 3. The number of para-hydroxylation sites is 1. The molecule has 6 heteroatoms. The minimum absolute atomic E-state index is 0.0476. The first-order chi connectivity index (χ1) is 18.9. The number of nitrogens with zero attached hydrogens (tertiary/aromatic N) is 3. The van der Waals surface area contributed by atoms with E-state index in [1.54, 1.807) is 0 Å². The maximum Gasteiger partial charge on any atom is 0.260 e. The molecular weight excluding hydrogens is 486 g/mol. The summed E-state index contributed by atoms with van der Waals surface area (Å²) in [5.74, 6) is 0.774. The second-order valence-electron chi connectivity index (χ2n) is 12.3. The van der Waals surface area contributed by atoms with E-state index in [0.717, 1.165) is 75.2 Å². The van der Waals surface area contributed by atoms with Gasteiger partial charge in [-0.3, -0.25) is 9.59 Å². The van der Waals surface area contributed by atoms with E-state index in [4.69, 9.17) is 4.74 Å². The van der Waals surface area contributed by atoms with Crippen molar-refractivity contribution in [1.29, 1.82) is 0 Å². The molecule has 6 nitrogen and oxygen atoms in total. The summed E-state index contributed by atoms with van der Waals surface area (Å²) in [5, 5.41) is 0. The van der Waals surface area contributed by atoms with Crippen LogP contribution in [0, 0.1) is 11.3 Å². The van der Waals surface area contributed by atoms with Crippen LogP contribution < -0.4 is 0 Å². The number of hydrogen-bond acceptors (Lipinski definition) is 3. The largest absolute Gasteiger partial charge is 0.354 e. The van der Waals surface area contributed by atoms with Crippen LogP contribution >= 0.6 is 0 Å². The predicted molar refractivity (Wildman–Crippen MR) is 149 cm³/mol. The van der Waals surface area contributed by atoms with Gasteiger partial charge in [-0.2, -0.15) is 0 Å². The van der Waals surface area contributed by atoms with Crippen LogP contribution in [0.25, 0.3) is 5.69 Å². The Morgan fingerprint density at radius 1 is 0.846 bits per heavy atom. The molecule has 0 radical (unpaired) electrons. The van der Waals surface area contributed by atoms with Gasteiger partial charge in [0.05, 0.1) is 18.0 Å². The summed E-state index contributed by atoms with van der Waals surface area (Å²) in [6.45, 7) is 5.43. The van der Waals surface area contributed by atoms with Crippen LogP contribution in [0.3, 0.4) is 0 Å². The molecule has 3 aliphatic heterocycles. The molecule has 1 aromatic heterocycles. The zero-order valence-corrected chi connectivity index (χ0v) is 22.8. The van der Waals surface area contributed by atoms with Crippen molar-refractivity contribution in [2.24, 2.45) is 11.3 Å². The summed E-state index contributed by atoms with van der Waals surface area (Å²) in [6, 6.07) is 20.8. The van der Waals surface area contributed by atoms with E-state index in [-0.39, 0.29) is 11.3 Å². The number of carbonyl (C=O) groups excluding carboxylic acids is 2. The highest BCUT2D eigenvalue weighted by atomic mass is 16.5. The summed E-state index contributed by atoms with van der Waals surface area (Å²) in [7, 11) is 0. The zero-order chi connectivity index (χ0) is 26.6. The van der Waals surface area contributed by atoms with Gasteiger partial charge < -0.3 is 19.1 Å². The number of piperidine rings is 1. The molecule has 2 amide bonds. The molecule has 39 heavy (non-hydrogen) atoms. The molecule has 1 unspecified atom stereocenters. The first-order valence-electron chi connectivity index (χ1n) is 14.5. The van der Waals surface area contributed by atoms with E-state index in [0.29, 0.717) is 24.9 Å². The number of carbonyl (C=O) groups is 2. The van der Waals surface area contributed by atoms with Crippen LogP contribution in [0.1, 0.15) is 55.0 Å². The van der Waals surface area contributed by atoms with Crippen molar-refractivity contribution >= 4 is 11.8 Å². The zero-order valence-electron chi connectivity index (χ0n) is 22.8. The second-order valence-corrected chi connectivity index (χ2v) is 12.3. The molecule has 202 valence electrons. The minimum Gasteiger partial charge on any atom is -0.354 e. The third-order valence-electron chi connectivity index (χ3n) is 9.91. The van der Waals surface area contributed by atoms with Gasteiger partial charge >= 0.3 is 0 Å². The summed E-state index contributed by atoms with van der Waals surface area (Å²) >= 11 is 0. The lowest BCUT2D eigenvalue weighted by Gasteiger charge is -2.40. The highest BCUT2D eigenvalue weighted by Crippen LogP contribution is 2.43. The second kappa shape index (κ2) is 9.37. The van der Waals surface area contributed by atoms with Gasteiger partial charge in [0, 0.05) is 44.4 Å². The lowest BCUT2D eigenvalue weighted by atomic mass is 9.77. The average Bonchev–Trinajstić information content (AvgIpc) is 3.69. The van der Waals surface area contributed by atoms with Crippen LogP contribution in [0.4, 0.5) is 0 Å². The third-order valence-corrected chi connectivity index (χ3v) is 9.91. The number of ether oxygens (including phenoxy) is 1. The fraction of sp³-hybridized carbons (Fsp3) is 0.455. The van der Waals surface area contributed by atoms with Gasteiger partial charge in [0.15, 0.2) is 5.60 Å². The van der Waals surface area contributed by atoms with Crippen molar-refractivity contribution in [1.82, 2.24) is 14.4 Å². The van der Waals surface area contributed by atoms with Crippen LogP contribution in [0.5, 0.6) is 0 Å². The molecule has 2 fully saturated rings. The quantitative estimate of drug-likeness (QED) is 0.492. The summed E-state index contributed by atoms with van der Waals surface area (Å²) < 4.78 is 8.53. The SMILES string of the molecule is CC1(C(=O)N2CCC3(CCN(C(=O)CC4Cc5ccccc5C4)CC3)C2)OCc2ccccc2-n2cccc21. The summed E-state index contributed by atoms with van der Waals surface area (Å²) in [6.07, 6.45) is 7.63. The van der Waals surface area contributed by atoms with Crippen molar-refractivity contribution in [2.45, 2.75) is 57.7 Å². The fourth-order valence-corrected chi connectivity index (χ4v) is 7.53. The molecule has 1 atom stereocenters. The molecule has 1 aliphatic carbocycles. The Morgan fingerprint density at radius 2 is 1.49 bits per heavy atom. The van der Waals surface area contributed by atoms with Crippen molar-refractivity contribution in [3.05, 3.63) is 89.2 Å². The van der Waals surface area contributed by atoms with E-state index in [1.165, 1.54) is 11.1 Å². The van der Waals surface area contributed by atoms with Gasteiger partial charge in [0.2, 0.25) is 5.91 Å². The first kappa shape index (κ1) is 24.6. The molecule has 4 aliphatic rings. The van der Waals surface area contributed by atoms with Gasteiger partial charge in [-0.1, -0.05) is 42.5 Å². The predicted octanol–water partition coefficient (Wildman–Crippen LogP) is 4.87. The highest BCUT2D eigenvalue weighted by molar-refractivity contribution is 5.86. The van der Waals surface area contributed by atoms with E-state index >= 15 is 0 Å². The van der Waals surface area contributed by atoms with Crippen molar-refractivity contribution in [2.75, 3.05) is 26.2 Å². The molecule has 7 rings (SSSR count). The van der Waals surface area contributed by atoms with Crippen molar-refractivity contribution < 1.29 is 14.3 Å². The van der Waals surface area contributed by atoms with Crippen molar-refractivity contribution in [3.63, 3.8) is 0 Å². The summed E-state index contributed by atoms with van der Waals surface area (Å²) in [4.78, 5) is 31.4. The highest BCUT2D eigenvalue weighted by Gasteiger charge is 2.49. The number of fused-ring (bicyclic) bond motifs is 4. The van der Waals surface area contributed by atoms with Gasteiger partial charge in [-0.15, -0.1) is 0 Å². The van der Waals surface area contributed by atoms with Crippen molar-refractivity contribution in [3.8, 4) is 5.69 Å². The van der Waals surface area contributed by atoms with Gasteiger partial charge in [0.1, 0.15) is 0 Å². The molecule has 0 saturated carbocycles. The Bertz CT molecular complexity index is 1390. The van der Waals surface area contributed by atoms with Gasteiger partial charge in [0.25, 0.3) is 5.91 Å². The number of aromatic nitrogens is 1. The molecule has 1 spiro atoms. The van der Waals surface area contributed by atoms with Crippen LogP contribution in [-0.4, -0.2) is 52.4 Å². The Labute approximate surface area is 230 Å². The maximum absolute atomic E-state index is 14.1. The normalized spacial score (nSPS) is 23.8. The monoisotopic (exact) mass is 523 g/mol. The Morgan fingerprint density at radius 3 is 2.21 bits per heavy atom. The average molecular weight is 524 g/mol. The third kappa shape index (κ3) is 4.20. The van der Waals surface area contributed by atoms with E-state index in [1.807, 2.05) is 42.3 Å². The molecule has 2 aromatic carbocycles. The molecule has 2 saturated heterocycles. The topological polar surface area (TPSA) is 54.8 Å². The van der Waals surface area contributed by atoms with Crippen LogP contribution in [0.2, 0.25) is 0 Å². The molecule has 0 bridgehead atoms. The Hall–Kier alpha value is -3.38. The summed E-state index contributed by atoms with van der Waals surface area (Å²) in [5.41, 5.74) is 4.92. The number of benzene rings is 2. The Balaban J connectivity index is 0.993. The van der Waals surface area contributed by atoms with Gasteiger partial charge in [-0.25, -0.2) is 0 Å². The molecule has 0 N–H and O–H groups in total. The lowest BCUT2D eigenvalue weighted by molar-refractivity contribution is -0.159. The number of amides is 2. The lowest BCUT2D eigenvalue weighted by Crippen LogP contribution is -2.48. The van der Waals surface area contributed by atoms with Crippen LogP contribution in [-0.2, 0) is 39.4 Å². The van der Waals surface area contributed by atoms with E-state index in [9.17, 15) is 9.59 Å².